The van der Waals surface area contributed by atoms with E-state index in [0.717, 1.165) is 22.7 Å². The van der Waals surface area contributed by atoms with E-state index < -0.39 is 0 Å². The fourth-order valence-corrected chi connectivity index (χ4v) is 1.99. The molecule has 2 rings (SSSR count). The van der Waals surface area contributed by atoms with Gasteiger partial charge in [0.25, 0.3) is 0 Å². The summed E-state index contributed by atoms with van der Waals surface area (Å²) in [7, 11) is 1.87. The summed E-state index contributed by atoms with van der Waals surface area (Å²) in [5.74, 6) is -0.239. The lowest BCUT2D eigenvalue weighted by Crippen LogP contribution is -2.04. The van der Waals surface area contributed by atoms with E-state index in [9.17, 15) is 4.39 Å². The van der Waals surface area contributed by atoms with Crippen LogP contribution in [0.5, 0.6) is 0 Å². The Morgan fingerprint density at radius 2 is 2.07 bits per heavy atom. The molecule has 0 bridgehead atoms. The first-order valence-electron chi connectivity index (χ1n) is 4.53. The quantitative estimate of drug-likeness (QED) is 0.865. The molecule has 78 valence electrons. The molecule has 0 saturated carbocycles. The number of benzene rings is 1. The molecule has 0 radical (unpaired) electrons. The maximum atomic E-state index is 12.7. The normalized spacial score (nSPS) is 10.5. The second-order valence-corrected chi connectivity index (χ2v) is 3.92. The first-order chi connectivity index (χ1) is 7.31. The zero-order valence-electron chi connectivity index (χ0n) is 8.20. The standard InChI is InChI=1S/C10H10FN3S/c1-12-6-9-10(13-14-15-9)7-2-4-8(11)5-3-7/h2-5,12H,6H2,1H3. The fourth-order valence-electron chi connectivity index (χ4n) is 1.31. The molecule has 2 aromatic rings. The van der Waals surface area contributed by atoms with E-state index >= 15 is 0 Å². The van der Waals surface area contributed by atoms with Gasteiger partial charge in [0.1, 0.15) is 11.5 Å². The number of hydrogen-bond donors (Lipinski definition) is 1. The Hall–Kier alpha value is -1.33. The van der Waals surface area contributed by atoms with Crippen molar-refractivity contribution in [2.45, 2.75) is 6.54 Å². The SMILES string of the molecule is CNCc1snnc1-c1ccc(F)cc1. The molecule has 0 amide bonds. The van der Waals surface area contributed by atoms with Crippen LogP contribution in [0.2, 0.25) is 0 Å². The molecule has 3 nitrogen and oxygen atoms in total. The van der Waals surface area contributed by atoms with Gasteiger partial charge in [0.05, 0.1) is 4.88 Å². The van der Waals surface area contributed by atoms with Gasteiger partial charge in [-0.15, -0.1) is 5.10 Å². The zero-order chi connectivity index (χ0) is 10.7. The lowest BCUT2D eigenvalue weighted by molar-refractivity contribution is 0.628. The molecular weight excluding hydrogens is 213 g/mol. The summed E-state index contributed by atoms with van der Waals surface area (Å²) in [6.45, 7) is 0.727. The van der Waals surface area contributed by atoms with E-state index in [1.807, 2.05) is 7.05 Å². The van der Waals surface area contributed by atoms with Crippen LogP contribution in [0.1, 0.15) is 4.88 Å². The third-order valence-corrected chi connectivity index (χ3v) is 2.73. The van der Waals surface area contributed by atoms with Gasteiger partial charge in [0.2, 0.25) is 0 Å². The molecule has 0 aliphatic carbocycles. The number of rotatable bonds is 3. The minimum atomic E-state index is -0.239. The predicted molar refractivity (Wildman–Crippen MR) is 58.1 cm³/mol. The molecule has 1 aromatic carbocycles. The van der Waals surface area contributed by atoms with E-state index in [0.29, 0.717) is 0 Å². The molecule has 0 aliphatic heterocycles. The summed E-state index contributed by atoms with van der Waals surface area (Å²) in [5, 5.41) is 7.09. The predicted octanol–water partition coefficient (Wildman–Crippen LogP) is 2.06. The Morgan fingerprint density at radius 1 is 1.33 bits per heavy atom. The highest BCUT2D eigenvalue weighted by molar-refractivity contribution is 7.05. The largest absolute Gasteiger partial charge is 0.315 e. The smallest absolute Gasteiger partial charge is 0.123 e. The van der Waals surface area contributed by atoms with Crippen LogP contribution in [0.4, 0.5) is 4.39 Å². The van der Waals surface area contributed by atoms with E-state index in [1.165, 1.54) is 23.7 Å². The van der Waals surface area contributed by atoms with Crippen molar-refractivity contribution in [2.24, 2.45) is 0 Å². The third-order valence-electron chi connectivity index (χ3n) is 2.01. The Balaban J connectivity index is 2.36. The van der Waals surface area contributed by atoms with Crippen molar-refractivity contribution in [1.29, 1.82) is 0 Å². The molecule has 0 spiro atoms. The molecule has 0 aliphatic rings. The maximum Gasteiger partial charge on any atom is 0.123 e. The molecule has 0 fully saturated rings. The average molecular weight is 223 g/mol. The van der Waals surface area contributed by atoms with Crippen molar-refractivity contribution >= 4 is 11.5 Å². The molecule has 1 N–H and O–H groups in total. The van der Waals surface area contributed by atoms with Crippen molar-refractivity contribution in [3.63, 3.8) is 0 Å². The van der Waals surface area contributed by atoms with E-state index in [1.54, 1.807) is 12.1 Å². The monoisotopic (exact) mass is 223 g/mol. The number of hydrogen-bond acceptors (Lipinski definition) is 4. The highest BCUT2D eigenvalue weighted by Crippen LogP contribution is 2.23. The molecular formula is C10H10FN3S. The Bertz CT molecular complexity index is 438. The van der Waals surface area contributed by atoms with Gasteiger partial charge in [-0.05, 0) is 42.8 Å². The van der Waals surface area contributed by atoms with Crippen LogP contribution in [0.15, 0.2) is 24.3 Å². The van der Waals surface area contributed by atoms with Crippen molar-refractivity contribution < 1.29 is 4.39 Å². The molecule has 0 atom stereocenters. The summed E-state index contributed by atoms with van der Waals surface area (Å²) in [4.78, 5) is 1.06. The van der Waals surface area contributed by atoms with Crippen molar-refractivity contribution in [3.05, 3.63) is 35.0 Å². The molecule has 1 aromatic heterocycles. The van der Waals surface area contributed by atoms with Crippen molar-refractivity contribution in [2.75, 3.05) is 7.05 Å². The molecule has 15 heavy (non-hydrogen) atoms. The molecule has 0 unspecified atom stereocenters. The summed E-state index contributed by atoms with van der Waals surface area (Å²) in [6, 6.07) is 6.28. The van der Waals surface area contributed by atoms with E-state index in [4.69, 9.17) is 0 Å². The second-order valence-electron chi connectivity index (χ2n) is 3.08. The van der Waals surface area contributed by atoms with Gasteiger partial charge < -0.3 is 5.32 Å². The first-order valence-corrected chi connectivity index (χ1v) is 5.30. The Morgan fingerprint density at radius 3 is 2.73 bits per heavy atom. The number of aromatic nitrogens is 2. The zero-order valence-corrected chi connectivity index (χ0v) is 9.01. The number of nitrogens with one attached hydrogen (secondary N) is 1. The Kier molecular flexibility index (Phi) is 3.03. The molecule has 0 saturated heterocycles. The Labute approximate surface area is 91.1 Å². The van der Waals surface area contributed by atoms with Crippen LogP contribution in [0.3, 0.4) is 0 Å². The average Bonchev–Trinajstić information content (AvgIpc) is 2.68. The van der Waals surface area contributed by atoms with Gasteiger partial charge in [0.15, 0.2) is 0 Å². The second kappa shape index (κ2) is 4.46. The van der Waals surface area contributed by atoms with Gasteiger partial charge in [-0.3, -0.25) is 0 Å². The highest BCUT2D eigenvalue weighted by Gasteiger charge is 2.09. The van der Waals surface area contributed by atoms with Crippen molar-refractivity contribution in [3.8, 4) is 11.3 Å². The van der Waals surface area contributed by atoms with Gasteiger partial charge in [-0.25, -0.2) is 4.39 Å². The maximum absolute atomic E-state index is 12.7. The van der Waals surface area contributed by atoms with Gasteiger partial charge >= 0.3 is 0 Å². The summed E-state index contributed by atoms with van der Waals surface area (Å²) in [5.41, 5.74) is 1.73. The molecule has 1 heterocycles. The first kappa shape index (κ1) is 10.2. The van der Waals surface area contributed by atoms with Crippen LogP contribution in [0, 0.1) is 5.82 Å². The lowest BCUT2D eigenvalue weighted by atomic mass is 10.1. The lowest BCUT2D eigenvalue weighted by Gasteiger charge is -2.00. The van der Waals surface area contributed by atoms with Gasteiger partial charge in [-0.2, -0.15) is 0 Å². The summed E-state index contributed by atoms with van der Waals surface area (Å²) < 4.78 is 16.6. The van der Waals surface area contributed by atoms with Crippen LogP contribution in [0.25, 0.3) is 11.3 Å². The number of nitrogens with zero attached hydrogens (tertiary/aromatic N) is 2. The fraction of sp³-hybridized carbons (Fsp3) is 0.200. The van der Waals surface area contributed by atoms with Crippen LogP contribution >= 0.6 is 11.5 Å². The van der Waals surface area contributed by atoms with Gasteiger partial charge in [0, 0.05) is 12.1 Å². The minimum Gasteiger partial charge on any atom is -0.315 e. The summed E-state index contributed by atoms with van der Waals surface area (Å²) in [6.07, 6.45) is 0. The molecule has 5 heteroatoms. The summed E-state index contributed by atoms with van der Waals surface area (Å²) >= 11 is 1.36. The number of halogens is 1. The van der Waals surface area contributed by atoms with Crippen LogP contribution in [-0.4, -0.2) is 16.6 Å². The third kappa shape index (κ3) is 2.19. The van der Waals surface area contributed by atoms with Gasteiger partial charge in [-0.1, -0.05) is 4.49 Å². The highest BCUT2D eigenvalue weighted by atomic mass is 32.1. The topological polar surface area (TPSA) is 37.8 Å². The van der Waals surface area contributed by atoms with E-state index in [2.05, 4.69) is 14.9 Å². The van der Waals surface area contributed by atoms with Crippen molar-refractivity contribution in [1.82, 2.24) is 14.9 Å². The van der Waals surface area contributed by atoms with Crippen LogP contribution < -0.4 is 5.32 Å². The van der Waals surface area contributed by atoms with Crippen LogP contribution in [-0.2, 0) is 6.54 Å². The minimum absolute atomic E-state index is 0.239. The van der Waals surface area contributed by atoms with E-state index in [-0.39, 0.29) is 5.82 Å².